The first-order valence-electron chi connectivity index (χ1n) is 8.08. The predicted octanol–water partition coefficient (Wildman–Crippen LogP) is 4.73. The molecule has 0 saturated heterocycles. The number of rotatable bonds is 3. The van der Waals surface area contributed by atoms with Crippen LogP contribution in [0.5, 0.6) is 5.75 Å². The third-order valence-corrected chi connectivity index (χ3v) is 4.32. The fraction of sp³-hybridized carbons (Fsp3) is 0. The van der Waals surface area contributed by atoms with E-state index in [1.807, 2.05) is 0 Å². The lowest BCUT2D eigenvalue weighted by atomic mass is 10.1. The van der Waals surface area contributed by atoms with Crippen molar-refractivity contribution in [3.8, 4) is 17.1 Å². The third kappa shape index (κ3) is 3.20. The fourth-order valence-corrected chi connectivity index (χ4v) is 2.90. The molecule has 0 atom stereocenters. The minimum Gasteiger partial charge on any atom is -0.452 e. The molecule has 0 aliphatic carbocycles. The molecule has 132 valence electrons. The summed E-state index contributed by atoms with van der Waals surface area (Å²) >= 11 is 6.28. The number of hydrogen-bond donors (Lipinski definition) is 0. The van der Waals surface area contributed by atoms with Crippen molar-refractivity contribution in [2.24, 2.45) is 0 Å². The van der Waals surface area contributed by atoms with Crippen LogP contribution in [-0.2, 0) is 0 Å². The van der Waals surface area contributed by atoms with E-state index in [-0.39, 0.29) is 17.1 Å². The SMILES string of the molecule is O=C(Oc1c(-c2ccccc2Cl)oc2ccccc2c1=O)c1ccncc1. The van der Waals surface area contributed by atoms with E-state index in [1.54, 1.807) is 48.5 Å². The molecule has 2 heterocycles. The standard InChI is InChI=1S/C21H12ClNO4/c22-16-7-3-1-5-14(16)19-20(27-21(25)13-9-11-23-12-10-13)18(24)15-6-2-4-8-17(15)26-19/h1-12H. The van der Waals surface area contributed by atoms with E-state index in [9.17, 15) is 9.59 Å². The Hall–Kier alpha value is -3.44. The van der Waals surface area contributed by atoms with Gasteiger partial charge in [0.15, 0.2) is 5.76 Å². The van der Waals surface area contributed by atoms with Gasteiger partial charge in [-0.2, -0.15) is 0 Å². The van der Waals surface area contributed by atoms with Gasteiger partial charge in [-0.1, -0.05) is 35.9 Å². The summed E-state index contributed by atoms with van der Waals surface area (Å²) in [6.07, 6.45) is 2.93. The topological polar surface area (TPSA) is 69.4 Å². The Morgan fingerprint density at radius 3 is 2.44 bits per heavy atom. The van der Waals surface area contributed by atoms with Crippen LogP contribution in [0.15, 0.2) is 82.3 Å². The van der Waals surface area contributed by atoms with Gasteiger partial charge in [-0.15, -0.1) is 0 Å². The molecule has 4 aromatic rings. The molecule has 27 heavy (non-hydrogen) atoms. The van der Waals surface area contributed by atoms with Crippen molar-refractivity contribution in [3.05, 3.63) is 93.9 Å². The van der Waals surface area contributed by atoms with E-state index < -0.39 is 11.4 Å². The lowest BCUT2D eigenvalue weighted by molar-refractivity contribution is 0.0731. The van der Waals surface area contributed by atoms with Gasteiger partial charge in [0.05, 0.1) is 16.0 Å². The molecule has 0 unspecified atom stereocenters. The van der Waals surface area contributed by atoms with Gasteiger partial charge in [0.1, 0.15) is 5.58 Å². The Morgan fingerprint density at radius 1 is 0.963 bits per heavy atom. The number of ether oxygens (including phenoxy) is 1. The zero-order valence-electron chi connectivity index (χ0n) is 13.9. The maximum Gasteiger partial charge on any atom is 0.343 e. The molecule has 0 spiro atoms. The van der Waals surface area contributed by atoms with Crippen LogP contribution in [0.3, 0.4) is 0 Å². The Balaban J connectivity index is 1.93. The Kier molecular flexibility index (Phi) is 4.44. The van der Waals surface area contributed by atoms with Gasteiger partial charge in [-0.05, 0) is 36.4 Å². The first kappa shape index (κ1) is 17.0. The first-order chi connectivity index (χ1) is 13.1. The number of carbonyl (C=O) groups excluding carboxylic acids is 1. The molecular formula is C21H12ClNO4. The quantitative estimate of drug-likeness (QED) is 0.483. The van der Waals surface area contributed by atoms with Gasteiger partial charge in [-0.25, -0.2) is 4.79 Å². The van der Waals surface area contributed by atoms with Crippen molar-refractivity contribution in [1.82, 2.24) is 4.98 Å². The second kappa shape index (κ2) is 7.05. The van der Waals surface area contributed by atoms with Gasteiger partial charge in [0.25, 0.3) is 0 Å². The normalized spacial score (nSPS) is 10.7. The maximum atomic E-state index is 13.0. The van der Waals surface area contributed by atoms with Crippen molar-refractivity contribution in [2.75, 3.05) is 0 Å². The summed E-state index contributed by atoms with van der Waals surface area (Å²) in [7, 11) is 0. The number of nitrogens with zero attached hydrogens (tertiary/aromatic N) is 1. The average molecular weight is 378 g/mol. The van der Waals surface area contributed by atoms with E-state index in [0.29, 0.717) is 21.6 Å². The van der Waals surface area contributed by atoms with Gasteiger partial charge >= 0.3 is 5.97 Å². The summed E-state index contributed by atoms with van der Waals surface area (Å²) in [5.74, 6) is -0.788. The van der Waals surface area contributed by atoms with E-state index >= 15 is 0 Å². The Bertz CT molecular complexity index is 1200. The van der Waals surface area contributed by atoms with Crippen molar-refractivity contribution in [1.29, 1.82) is 0 Å². The van der Waals surface area contributed by atoms with Crippen LogP contribution < -0.4 is 10.2 Å². The van der Waals surface area contributed by atoms with Crippen molar-refractivity contribution in [3.63, 3.8) is 0 Å². The van der Waals surface area contributed by atoms with Crippen LogP contribution >= 0.6 is 11.6 Å². The highest BCUT2D eigenvalue weighted by atomic mass is 35.5. The average Bonchev–Trinajstić information content (AvgIpc) is 2.71. The highest BCUT2D eigenvalue weighted by Crippen LogP contribution is 2.35. The van der Waals surface area contributed by atoms with E-state index in [2.05, 4.69) is 4.98 Å². The molecule has 2 aromatic heterocycles. The van der Waals surface area contributed by atoms with E-state index in [0.717, 1.165) is 0 Å². The number of benzene rings is 2. The number of pyridine rings is 1. The molecule has 0 amide bonds. The molecule has 6 heteroatoms. The second-order valence-corrected chi connectivity index (χ2v) is 6.10. The molecule has 0 radical (unpaired) electrons. The summed E-state index contributed by atoms with van der Waals surface area (Å²) in [6.45, 7) is 0. The van der Waals surface area contributed by atoms with Crippen molar-refractivity contribution in [2.45, 2.75) is 0 Å². The predicted molar refractivity (Wildman–Crippen MR) is 102 cm³/mol. The van der Waals surface area contributed by atoms with Crippen molar-refractivity contribution >= 4 is 28.5 Å². The molecule has 4 rings (SSSR count). The summed E-state index contributed by atoms with van der Waals surface area (Å²) in [5, 5.41) is 0.683. The van der Waals surface area contributed by atoms with Gasteiger partial charge in [0.2, 0.25) is 11.2 Å². The number of hydrogen-bond acceptors (Lipinski definition) is 5. The van der Waals surface area contributed by atoms with Crippen LogP contribution in [0.4, 0.5) is 0 Å². The monoisotopic (exact) mass is 377 g/mol. The Labute approximate surface area is 158 Å². The summed E-state index contributed by atoms with van der Waals surface area (Å²) in [5.41, 5.74) is 0.650. The number of halogens is 1. The summed E-state index contributed by atoms with van der Waals surface area (Å²) in [4.78, 5) is 29.4. The molecule has 0 N–H and O–H groups in total. The van der Waals surface area contributed by atoms with Crippen LogP contribution in [-0.4, -0.2) is 11.0 Å². The lowest BCUT2D eigenvalue weighted by Crippen LogP contribution is -2.16. The zero-order chi connectivity index (χ0) is 18.8. The van der Waals surface area contributed by atoms with E-state index in [1.165, 1.54) is 24.5 Å². The highest BCUT2D eigenvalue weighted by molar-refractivity contribution is 6.33. The van der Waals surface area contributed by atoms with E-state index in [4.69, 9.17) is 20.8 Å². The largest absolute Gasteiger partial charge is 0.452 e. The van der Waals surface area contributed by atoms with Crippen LogP contribution in [0.25, 0.3) is 22.3 Å². The molecule has 0 bridgehead atoms. The number of esters is 1. The lowest BCUT2D eigenvalue weighted by Gasteiger charge is -2.11. The van der Waals surface area contributed by atoms with Crippen LogP contribution in [0, 0.1) is 0 Å². The molecule has 0 fully saturated rings. The molecular weight excluding hydrogens is 366 g/mol. The molecule has 0 saturated carbocycles. The fourth-order valence-electron chi connectivity index (χ4n) is 2.68. The third-order valence-electron chi connectivity index (χ3n) is 3.99. The number of aromatic nitrogens is 1. The first-order valence-corrected chi connectivity index (χ1v) is 8.46. The van der Waals surface area contributed by atoms with Gasteiger partial charge in [-0.3, -0.25) is 9.78 Å². The minimum absolute atomic E-state index is 0.103. The highest BCUT2D eigenvalue weighted by Gasteiger charge is 2.22. The zero-order valence-corrected chi connectivity index (χ0v) is 14.6. The number of carbonyl (C=O) groups is 1. The number of para-hydroxylation sites is 1. The number of fused-ring (bicyclic) bond motifs is 1. The molecule has 0 aliphatic rings. The smallest absolute Gasteiger partial charge is 0.343 e. The molecule has 2 aromatic carbocycles. The van der Waals surface area contributed by atoms with Gasteiger partial charge < -0.3 is 9.15 Å². The molecule has 0 aliphatic heterocycles. The maximum absolute atomic E-state index is 13.0. The minimum atomic E-state index is -0.687. The summed E-state index contributed by atoms with van der Waals surface area (Å²) < 4.78 is 11.4. The molecule has 5 nitrogen and oxygen atoms in total. The second-order valence-electron chi connectivity index (χ2n) is 5.69. The Morgan fingerprint density at radius 2 is 1.67 bits per heavy atom. The van der Waals surface area contributed by atoms with Crippen LogP contribution in [0.1, 0.15) is 10.4 Å². The summed E-state index contributed by atoms with van der Waals surface area (Å²) in [6, 6.07) is 16.6. The van der Waals surface area contributed by atoms with Gasteiger partial charge in [0, 0.05) is 18.0 Å². The van der Waals surface area contributed by atoms with Crippen LogP contribution in [0.2, 0.25) is 5.02 Å². The van der Waals surface area contributed by atoms with Crippen molar-refractivity contribution < 1.29 is 13.9 Å².